The van der Waals surface area contributed by atoms with E-state index in [0.29, 0.717) is 38.6 Å². The Kier molecular flexibility index (Phi) is 9.37. The van der Waals surface area contributed by atoms with Gasteiger partial charge in [0.1, 0.15) is 12.1 Å². The molecule has 0 saturated carbocycles. The summed E-state index contributed by atoms with van der Waals surface area (Å²) in [5.41, 5.74) is -0.682. The lowest BCUT2D eigenvalue weighted by molar-refractivity contribution is -0.139. The van der Waals surface area contributed by atoms with Gasteiger partial charge in [-0.05, 0) is 58.1 Å². The molecule has 1 aromatic carbocycles. The Hall–Kier alpha value is -3.88. The number of benzene rings is 1. The molecule has 0 bridgehead atoms. The zero-order chi connectivity index (χ0) is 30.6. The first kappa shape index (κ1) is 30.6. The summed E-state index contributed by atoms with van der Waals surface area (Å²) in [7, 11) is 0. The molecule has 5 rings (SSSR count). The van der Waals surface area contributed by atoms with Gasteiger partial charge in [0, 0.05) is 31.5 Å². The first-order chi connectivity index (χ1) is 20.6. The Morgan fingerprint density at radius 2 is 2.02 bits per heavy atom. The minimum absolute atomic E-state index is 0.110. The minimum atomic E-state index is -1.04. The fourth-order valence-corrected chi connectivity index (χ4v) is 5.10. The molecule has 4 heterocycles. The normalized spacial score (nSPS) is 19.2. The number of halogens is 2. The average molecular weight is 604 g/mol. The molecule has 2 fully saturated rings. The lowest BCUT2D eigenvalue weighted by Crippen LogP contribution is -2.36. The van der Waals surface area contributed by atoms with Crippen molar-refractivity contribution in [1.29, 1.82) is 0 Å². The van der Waals surface area contributed by atoms with Gasteiger partial charge in [0.2, 0.25) is 11.6 Å². The van der Waals surface area contributed by atoms with Crippen LogP contribution in [0.1, 0.15) is 46.1 Å². The summed E-state index contributed by atoms with van der Waals surface area (Å²) in [5, 5.41) is 11.4. The number of nitrogens with one attached hydrogen (secondary N) is 1. The fraction of sp³-hybridized carbons (Fsp3) is 0.517. The van der Waals surface area contributed by atoms with E-state index in [0.717, 1.165) is 41.9 Å². The highest BCUT2D eigenvalue weighted by atomic mass is 19.1. The van der Waals surface area contributed by atoms with Crippen LogP contribution in [0, 0.1) is 17.6 Å². The van der Waals surface area contributed by atoms with Gasteiger partial charge in [-0.2, -0.15) is 14.6 Å². The molecule has 43 heavy (non-hydrogen) atoms. The van der Waals surface area contributed by atoms with E-state index in [9.17, 15) is 18.4 Å². The number of hydrogen-bond acceptors (Lipinski definition) is 9. The zero-order valence-corrected chi connectivity index (χ0v) is 24.3. The summed E-state index contributed by atoms with van der Waals surface area (Å²) in [6.07, 6.45) is 4.44. The molecule has 2 unspecified atom stereocenters. The van der Waals surface area contributed by atoms with E-state index in [1.165, 1.54) is 0 Å². The number of amides is 1. The molecule has 0 aliphatic carbocycles. The van der Waals surface area contributed by atoms with Crippen molar-refractivity contribution in [2.45, 2.75) is 64.5 Å². The van der Waals surface area contributed by atoms with Gasteiger partial charge in [0.25, 0.3) is 11.5 Å². The standard InChI is InChI=1S/C29H35F2N5O7/c1-4-40-23-6-5-21(30)27(26(23)31)42-19-14-25(37)36(32-15-19)22(13-18-8-11-39-12-9-18)28(38)33-24-7-10-35(34-24)16-20-17-41-29(2,3)43-20/h5-7,10,14-15,18,20,22H,4,8-9,11-13,16-17H2,1-3H3,(H,33,34,38). The van der Waals surface area contributed by atoms with Crippen LogP contribution in [-0.2, 0) is 25.5 Å². The molecule has 2 aromatic heterocycles. The second-order valence-electron chi connectivity index (χ2n) is 10.9. The molecule has 2 aliphatic rings. The van der Waals surface area contributed by atoms with Gasteiger partial charge in [-0.1, -0.05) is 0 Å². The average Bonchev–Trinajstić information content (AvgIpc) is 3.56. The number of ether oxygens (including phenoxy) is 5. The molecule has 232 valence electrons. The quantitative estimate of drug-likeness (QED) is 0.345. The molecule has 3 aromatic rings. The number of hydrogen-bond donors (Lipinski definition) is 1. The van der Waals surface area contributed by atoms with E-state index < -0.39 is 40.7 Å². The Balaban J connectivity index is 1.33. The van der Waals surface area contributed by atoms with Crippen LogP contribution in [-0.4, -0.2) is 63.8 Å². The van der Waals surface area contributed by atoms with Gasteiger partial charge in [0.15, 0.2) is 28.9 Å². The molecule has 2 aliphatic heterocycles. The summed E-state index contributed by atoms with van der Waals surface area (Å²) < 4.78 is 59.2. The smallest absolute Gasteiger partial charge is 0.271 e. The van der Waals surface area contributed by atoms with E-state index >= 15 is 0 Å². The predicted octanol–water partition coefficient (Wildman–Crippen LogP) is 4.06. The van der Waals surface area contributed by atoms with Gasteiger partial charge in [-0.25, -0.2) is 9.07 Å². The summed E-state index contributed by atoms with van der Waals surface area (Å²) in [5.74, 6) is -3.87. The lowest BCUT2D eigenvalue weighted by Gasteiger charge is -2.26. The van der Waals surface area contributed by atoms with E-state index in [-0.39, 0.29) is 30.1 Å². The summed E-state index contributed by atoms with van der Waals surface area (Å²) in [6, 6.07) is 3.85. The Labute approximate surface area is 246 Å². The number of carbonyl (C=O) groups excluding carboxylic acids is 1. The van der Waals surface area contributed by atoms with Crippen molar-refractivity contribution in [2.24, 2.45) is 5.92 Å². The largest absolute Gasteiger partial charge is 0.491 e. The number of carbonyl (C=O) groups is 1. The van der Waals surface area contributed by atoms with Crippen molar-refractivity contribution in [1.82, 2.24) is 19.6 Å². The van der Waals surface area contributed by atoms with Gasteiger partial charge < -0.3 is 29.0 Å². The van der Waals surface area contributed by atoms with Crippen LogP contribution in [0.4, 0.5) is 14.6 Å². The molecule has 0 spiro atoms. The summed E-state index contributed by atoms with van der Waals surface area (Å²) in [6.45, 7) is 7.47. The maximum Gasteiger partial charge on any atom is 0.271 e. The van der Waals surface area contributed by atoms with Crippen LogP contribution in [0.3, 0.4) is 0 Å². The highest BCUT2D eigenvalue weighted by Gasteiger charge is 2.33. The first-order valence-corrected chi connectivity index (χ1v) is 14.2. The van der Waals surface area contributed by atoms with Crippen LogP contribution >= 0.6 is 0 Å². The Bertz CT molecular complexity index is 1490. The SMILES string of the molecule is CCOc1ccc(F)c(Oc2cnn(C(CC3CCOCC3)C(=O)Nc3ccn(CC4COC(C)(C)O4)n3)c(=O)c2)c1F. The van der Waals surface area contributed by atoms with Crippen molar-refractivity contribution < 1.29 is 37.3 Å². The van der Waals surface area contributed by atoms with Crippen LogP contribution in [0.5, 0.6) is 17.2 Å². The molecule has 1 amide bonds. The number of nitrogens with zero attached hydrogens (tertiary/aromatic N) is 4. The van der Waals surface area contributed by atoms with Crippen molar-refractivity contribution in [3.63, 3.8) is 0 Å². The monoisotopic (exact) mass is 603 g/mol. The maximum absolute atomic E-state index is 14.8. The lowest BCUT2D eigenvalue weighted by atomic mass is 9.92. The van der Waals surface area contributed by atoms with Gasteiger partial charge in [-0.3, -0.25) is 14.3 Å². The predicted molar refractivity (Wildman–Crippen MR) is 149 cm³/mol. The van der Waals surface area contributed by atoms with Crippen molar-refractivity contribution in [2.75, 3.05) is 31.7 Å². The topological polar surface area (TPSA) is 128 Å². The van der Waals surface area contributed by atoms with Crippen LogP contribution < -0.4 is 20.3 Å². The van der Waals surface area contributed by atoms with Crippen molar-refractivity contribution >= 4 is 11.7 Å². The molecule has 0 radical (unpaired) electrons. The molecule has 2 atom stereocenters. The third-order valence-electron chi connectivity index (χ3n) is 7.18. The van der Waals surface area contributed by atoms with Gasteiger partial charge >= 0.3 is 0 Å². The second kappa shape index (κ2) is 13.2. The minimum Gasteiger partial charge on any atom is -0.491 e. The number of rotatable bonds is 11. The van der Waals surface area contributed by atoms with E-state index in [2.05, 4.69) is 15.5 Å². The van der Waals surface area contributed by atoms with Crippen molar-refractivity contribution in [3.05, 3.63) is 58.6 Å². The van der Waals surface area contributed by atoms with Gasteiger partial charge in [0.05, 0.1) is 26.0 Å². The molecule has 2 saturated heterocycles. The summed E-state index contributed by atoms with van der Waals surface area (Å²) in [4.78, 5) is 26.8. The third kappa shape index (κ3) is 7.56. The zero-order valence-electron chi connectivity index (χ0n) is 24.3. The fourth-order valence-electron chi connectivity index (χ4n) is 5.10. The van der Waals surface area contributed by atoms with Crippen molar-refractivity contribution in [3.8, 4) is 17.2 Å². The second-order valence-corrected chi connectivity index (χ2v) is 10.9. The third-order valence-corrected chi connectivity index (χ3v) is 7.18. The summed E-state index contributed by atoms with van der Waals surface area (Å²) >= 11 is 0. The Morgan fingerprint density at radius 1 is 1.23 bits per heavy atom. The highest BCUT2D eigenvalue weighted by Crippen LogP contribution is 2.33. The molecule has 14 heteroatoms. The number of aromatic nitrogens is 4. The molecular formula is C29H35F2N5O7. The number of anilines is 1. The van der Waals surface area contributed by atoms with E-state index in [1.807, 2.05) is 13.8 Å². The molecule has 12 nitrogen and oxygen atoms in total. The molecular weight excluding hydrogens is 568 g/mol. The molecule has 1 N–H and O–H groups in total. The van der Waals surface area contributed by atoms with Crippen LogP contribution in [0.25, 0.3) is 0 Å². The van der Waals surface area contributed by atoms with Crippen LogP contribution in [0.2, 0.25) is 0 Å². The Morgan fingerprint density at radius 3 is 2.72 bits per heavy atom. The maximum atomic E-state index is 14.8. The van der Waals surface area contributed by atoms with Crippen LogP contribution in [0.15, 0.2) is 41.5 Å². The van der Waals surface area contributed by atoms with E-state index in [1.54, 1.807) is 23.9 Å². The first-order valence-electron chi connectivity index (χ1n) is 14.2. The highest BCUT2D eigenvalue weighted by molar-refractivity contribution is 5.92. The van der Waals surface area contributed by atoms with Gasteiger partial charge in [-0.15, -0.1) is 0 Å². The van der Waals surface area contributed by atoms with E-state index in [4.69, 9.17) is 23.7 Å².